The minimum atomic E-state index is 0.562. The van der Waals surface area contributed by atoms with Gasteiger partial charge in [-0.25, -0.2) is 0 Å². The third kappa shape index (κ3) is 1.56. The van der Waals surface area contributed by atoms with E-state index >= 15 is 0 Å². The molecule has 1 heterocycles. The maximum atomic E-state index is 5.93. The molecule has 62 valence electrons. The van der Waals surface area contributed by atoms with Gasteiger partial charge in [0, 0.05) is 10.6 Å². The molecule has 0 amide bonds. The standard InChI is InChI=1S/C9H15NS/c1-4-8-9(10)7(5-11-8)6(2)3/h5-6H,4,10H2,1-3H3. The van der Waals surface area contributed by atoms with E-state index in [1.54, 1.807) is 11.3 Å². The lowest BCUT2D eigenvalue weighted by atomic mass is 10.0. The van der Waals surface area contributed by atoms with Gasteiger partial charge in [0.15, 0.2) is 0 Å². The van der Waals surface area contributed by atoms with E-state index in [9.17, 15) is 0 Å². The number of nitrogens with two attached hydrogens (primary N) is 1. The molecule has 1 aromatic heterocycles. The molecule has 1 nitrogen and oxygen atoms in total. The van der Waals surface area contributed by atoms with Gasteiger partial charge in [0.2, 0.25) is 0 Å². The summed E-state index contributed by atoms with van der Waals surface area (Å²) in [6, 6.07) is 0. The molecule has 11 heavy (non-hydrogen) atoms. The fraction of sp³-hybridized carbons (Fsp3) is 0.556. The van der Waals surface area contributed by atoms with E-state index in [1.807, 2.05) is 0 Å². The molecule has 1 rings (SSSR count). The quantitative estimate of drug-likeness (QED) is 0.723. The molecule has 2 N–H and O–H groups in total. The summed E-state index contributed by atoms with van der Waals surface area (Å²) in [6.07, 6.45) is 1.06. The van der Waals surface area contributed by atoms with E-state index in [0.717, 1.165) is 12.1 Å². The molecule has 0 saturated heterocycles. The van der Waals surface area contributed by atoms with E-state index < -0.39 is 0 Å². The summed E-state index contributed by atoms with van der Waals surface area (Å²) in [5, 5.41) is 2.18. The average Bonchev–Trinajstić information content (AvgIpc) is 2.30. The summed E-state index contributed by atoms with van der Waals surface area (Å²) >= 11 is 1.78. The smallest absolute Gasteiger partial charge is 0.0490 e. The molecule has 0 spiro atoms. The number of thiophene rings is 1. The van der Waals surface area contributed by atoms with Crippen LogP contribution in [0.15, 0.2) is 5.38 Å². The van der Waals surface area contributed by atoms with Crippen LogP contribution in [0.3, 0.4) is 0 Å². The van der Waals surface area contributed by atoms with Crippen LogP contribution >= 0.6 is 11.3 Å². The van der Waals surface area contributed by atoms with Gasteiger partial charge in [-0.1, -0.05) is 20.8 Å². The normalized spacial score (nSPS) is 10.9. The van der Waals surface area contributed by atoms with Crippen LogP contribution in [0.5, 0.6) is 0 Å². The minimum Gasteiger partial charge on any atom is -0.398 e. The third-order valence-corrected chi connectivity index (χ3v) is 3.05. The minimum absolute atomic E-state index is 0.562. The first-order valence-corrected chi connectivity index (χ1v) is 4.90. The highest BCUT2D eigenvalue weighted by molar-refractivity contribution is 7.10. The van der Waals surface area contributed by atoms with Crippen molar-refractivity contribution in [2.75, 3.05) is 5.73 Å². The summed E-state index contributed by atoms with van der Waals surface area (Å²) in [5.74, 6) is 0.562. The van der Waals surface area contributed by atoms with E-state index in [0.29, 0.717) is 5.92 Å². The van der Waals surface area contributed by atoms with Crippen molar-refractivity contribution >= 4 is 17.0 Å². The lowest BCUT2D eigenvalue weighted by Gasteiger charge is -2.03. The zero-order valence-corrected chi connectivity index (χ0v) is 8.16. The van der Waals surface area contributed by atoms with E-state index in [2.05, 4.69) is 26.2 Å². The molecule has 0 aliphatic heterocycles. The first-order valence-electron chi connectivity index (χ1n) is 4.02. The summed E-state index contributed by atoms with van der Waals surface area (Å²) < 4.78 is 0. The van der Waals surface area contributed by atoms with Gasteiger partial charge in [-0.2, -0.15) is 0 Å². The topological polar surface area (TPSA) is 26.0 Å². The lowest BCUT2D eigenvalue weighted by Crippen LogP contribution is -1.94. The van der Waals surface area contributed by atoms with E-state index in [-0.39, 0.29) is 0 Å². The molecule has 0 fully saturated rings. The first-order chi connectivity index (χ1) is 5.16. The number of anilines is 1. The second kappa shape index (κ2) is 3.26. The van der Waals surface area contributed by atoms with Gasteiger partial charge in [-0.15, -0.1) is 11.3 Å². The summed E-state index contributed by atoms with van der Waals surface area (Å²) in [5.41, 5.74) is 8.26. The number of nitrogen functional groups attached to an aromatic ring is 1. The van der Waals surface area contributed by atoms with Crippen molar-refractivity contribution in [1.82, 2.24) is 0 Å². The number of hydrogen-bond acceptors (Lipinski definition) is 2. The Bertz CT molecular complexity index is 238. The average molecular weight is 169 g/mol. The Labute approximate surface area is 72.2 Å². The number of aryl methyl sites for hydroxylation is 1. The van der Waals surface area contributed by atoms with Crippen molar-refractivity contribution in [3.05, 3.63) is 15.8 Å². The van der Waals surface area contributed by atoms with Crippen LogP contribution in [0.25, 0.3) is 0 Å². The Balaban J connectivity index is 3.00. The summed E-state index contributed by atoms with van der Waals surface area (Å²) in [7, 11) is 0. The van der Waals surface area contributed by atoms with Gasteiger partial charge in [-0.05, 0) is 23.3 Å². The maximum absolute atomic E-state index is 5.93. The molecule has 0 radical (unpaired) electrons. The predicted molar refractivity (Wildman–Crippen MR) is 52.2 cm³/mol. The summed E-state index contributed by atoms with van der Waals surface area (Å²) in [4.78, 5) is 1.33. The van der Waals surface area contributed by atoms with Gasteiger partial charge in [0.1, 0.15) is 0 Å². The van der Waals surface area contributed by atoms with Gasteiger partial charge in [0.25, 0.3) is 0 Å². The molecule has 0 unspecified atom stereocenters. The second-order valence-electron chi connectivity index (χ2n) is 3.04. The highest BCUT2D eigenvalue weighted by atomic mass is 32.1. The van der Waals surface area contributed by atoms with Gasteiger partial charge < -0.3 is 5.73 Å². The van der Waals surface area contributed by atoms with Crippen molar-refractivity contribution in [3.8, 4) is 0 Å². The van der Waals surface area contributed by atoms with Crippen LogP contribution < -0.4 is 5.73 Å². The highest BCUT2D eigenvalue weighted by Crippen LogP contribution is 2.30. The van der Waals surface area contributed by atoms with Gasteiger partial charge >= 0.3 is 0 Å². The highest BCUT2D eigenvalue weighted by Gasteiger charge is 2.08. The Morgan fingerprint density at radius 1 is 1.55 bits per heavy atom. The molecular weight excluding hydrogens is 154 g/mol. The summed E-state index contributed by atoms with van der Waals surface area (Å²) in [6.45, 7) is 6.50. The third-order valence-electron chi connectivity index (χ3n) is 1.88. The predicted octanol–water partition coefficient (Wildman–Crippen LogP) is 3.02. The van der Waals surface area contributed by atoms with Crippen LogP contribution in [0.1, 0.15) is 37.1 Å². The lowest BCUT2D eigenvalue weighted by molar-refractivity contribution is 0.874. The first kappa shape index (κ1) is 8.60. The number of rotatable bonds is 2. The van der Waals surface area contributed by atoms with E-state index in [1.165, 1.54) is 10.4 Å². The molecule has 0 bridgehead atoms. The molecular formula is C9H15NS. The van der Waals surface area contributed by atoms with Crippen molar-refractivity contribution in [2.45, 2.75) is 33.1 Å². The van der Waals surface area contributed by atoms with Crippen LogP contribution in [0.4, 0.5) is 5.69 Å². The zero-order valence-electron chi connectivity index (χ0n) is 7.35. The Morgan fingerprint density at radius 2 is 2.18 bits per heavy atom. The van der Waals surface area contributed by atoms with Crippen molar-refractivity contribution in [1.29, 1.82) is 0 Å². The van der Waals surface area contributed by atoms with Crippen LogP contribution in [0.2, 0.25) is 0 Å². The fourth-order valence-electron chi connectivity index (χ4n) is 1.14. The second-order valence-corrected chi connectivity index (χ2v) is 4.00. The molecule has 0 aromatic carbocycles. The Hall–Kier alpha value is -0.500. The molecule has 0 aliphatic carbocycles. The fourth-order valence-corrected chi connectivity index (χ4v) is 2.22. The molecule has 0 saturated carbocycles. The molecule has 0 aliphatic rings. The SMILES string of the molecule is CCc1scc(C(C)C)c1N. The van der Waals surface area contributed by atoms with E-state index in [4.69, 9.17) is 5.73 Å². The Morgan fingerprint density at radius 3 is 2.45 bits per heavy atom. The van der Waals surface area contributed by atoms with Crippen molar-refractivity contribution < 1.29 is 0 Å². The monoisotopic (exact) mass is 169 g/mol. The number of hydrogen-bond donors (Lipinski definition) is 1. The Kier molecular flexibility index (Phi) is 2.55. The molecule has 1 aromatic rings. The van der Waals surface area contributed by atoms with Crippen LogP contribution in [-0.2, 0) is 6.42 Å². The largest absolute Gasteiger partial charge is 0.398 e. The maximum Gasteiger partial charge on any atom is 0.0490 e. The van der Waals surface area contributed by atoms with Crippen LogP contribution in [-0.4, -0.2) is 0 Å². The molecule has 0 atom stereocenters. The molecule has 2 heteroatoms. The van der Waals surface area contributed by atoms with Crippen LogP contribution in [0, 0.1) is 0 Å². The van der Waals surface area contributed by atoms with Crippen molar-refractivity contribution in [3.63, 3.8) is 0 Å². The van der Waals surface area contributed by atoms with Crippen molar-refractivity contribution in [2.24, 2.45) is 0 Å². The van der Waals surface area contributed by atoms with Gasteiger partial charge in [-0.3, -0.25) is 0 Å². The zero-order chi connectivity index (χ0) is 8.43. The van der Waals surface area contributed by atoms with Gasteiger partial charge in [0.05, 0.1) is 0 Å².